The lowest BCUT2D eigenvalue weighted by Crippen LogP contribution is -2.40. The molecule has 0 saturated carbocycles. The third-order valence-electron chi connectivity index (χ3n) is 3.31. The van der Waals surface area contributed by atoms with Crippen molar-refractivity contribution in [1.29, 1.82) is 0 Å². The predicted molar refractivity (Wildman–Crippen MR) is 76.5 cm³/mol. The van der Waals surface area contributed by atoms with E-state index in [-0.39, 0.29) is 24.2 Å². The van der Waals surface area contributed by atoms with E-state index in [1.165, 1.54) is 0 Å². The van der Waals surface area contributed by atoms with Crippen molar-refractivity contribution in [3.05, 3.63) is 30.3 Å². The Labute approximate surface area is 119 Å². The van der Waals surface area contributed by atoms with Crippen LogP contribution in [-0.2, 0) is 9.53 Å². The highest BCUT2D eigenvalue weighted by Crippen LogP contribution is 2.18. The maximum Gasteiger partial charge on any atom is 0.249 e. The Bertz CT molecular complexity index is 424. The summed E-state index contributed by atoms with van der Waals surface area (Å²) in [7, 11) is 0. The summed E-state index contributed by atoms with van der Waals surface area (Å²) in [6, 6.07) is 9.55. The van der Waals surface area contributed by atoms with E-state index in [4.69, 9.17) is 15.2 Å². The minimum atomic E-state index is -0.368. The van der Waals surface area contributed by atoms with Crippen molar-refractivity contribution in [3.8, 4) is 5.75 Å². The van der Waals surface area contributed by atoms with Crippen molar-refractivity contribution < 1.29 is 14.3 Å². The SMILES string of the molecule is CC(CNC(=O)[C@@H]1CC[C@H](CN)O1)Oc1ccccc1. The molecule has 1 unspecified atom stereocenters. The van der Waals surface area contributed by atoms with Gasteiger partial charge in [-0.15, -0.1) is 0 Å². The largest absolute Gasteiger partial charge is 0.489 e. The van der Waals surface area contributed by atoms with Crippen molar-refractivity contribution in [2.24, 2.45) is 5.73 Å². The Kier molecular flexibility index (Phi) is 5.38. The molecular weight excluding hydrogens is 256 g/mol. The van der Waals surface area contributed by atoms with Crippen LogP contribution in [0.1, 0.15) is 19.8 Å². The van der Waals surface area contributed by atoms with Gasteiger partial charge in [0.1, 0.15) is 18.0 Å². The predicted octanol–water partition coefficient (Wildman–Crippen LogP) is 1.08. The molecule has 2 rings (SSSR count). The van der Waals surface area contributed by atoms with Gasteiger partial charge in [-0.25, -0.2) is 0 Å². The molecule has 3 N–H and O–H groups in total. The Balaban J connectivity index is 1.71. The molecule has 1 heterocycles. The Morgan fingerprint density at radius 2 is 2.20 bits per heavy atom. The summed E-state index contributed by atoms with van der Waals surface area (Å²) in [5.74, 6) is 0.721. The van der Waals surface area contributed by atoms with Crippen molar-refractivity contribution in [1.82, 2.24) is 5.32 Å². The monoisotopic (exact) mass is 278 g/mol. The lowest BCUT2D eigenvalue weighted by Gasteiger charge is -2.17. The average Bonchev–Trinajstić information content (AvgIpc) is 2.95. The van der Waals surface area contributed by atoms with Crippen molar-refractivity contribution in [2.75, 3.05) is 13.1 Å². The van der Waals surface area contributed by atoms with Gasteiger partial charge in [0.15, 0.2) is 0 Å². The molecule has 1 aromatic rings. The number of benzene rings is 1. The zero-order chi connectivity index (χ0) is 14.4. The highest BCUT2D eigenvalue weighted by atomic mass is 16.5. The van der Waals surface area contributed by atoms with Gasteiger partial charge in [0.25, 0.3) is 0 Å². The van der Waals surface area contributed by atoms with Gasteiger partial charge in [-0.1, -0.05) is 18.2 Å². The fourth-order valence-electron chi connectivity index (χ4n) is 2.20. The van der Waals surface area contributed by atoms with Crippen LogP contribution in [0.25, 0.3) is 0 Å². The minimum absolute atomic E-state index is 0.0174. The molecule has 1 saturated heterocycles. The van der Waals surface area contributed by atoms with Crippen molar-refractivity contribution in [2.45, 2.75) is 38.1 Å². The zero-order valence-corrected chi connectivity index (χ0v) is 11.7. The maximum atomic E-state index is 11.9. The molecule has 5 heteroatoms. The summed E-state index contributed by atoms with van der Waals surface area (Å²) < 4.78 is 11.2. The fourth-order valence-corrected chi connectivity index (χ4v) is 2.20. The van der Waals surface area contributed by atoms with Gasteiger partial charge in [-0.3, -0.25) is 4.79 Å². The Morgan fingerprint density at radius 1 is 1.45 bits per heavy atom. The van der Waals surface area contributed by atoms with Gasteiger partial charge in [0.2, 0.25) is 5.91 Å². The second-order valence-corrected chi connectivity index (χ2v) is 5.05. The van der Waals surface area contributed by atoms with Crippen molar-refractivity contribution in [3.63, 3.8) is 0 Å². The smallest absolute Gasteiger partial charge is 0.249 e. The Hall–Kier alpha value is -1.59. The normalized spacial score (nSPS) is 23.3. The topological polar surface area (TPSA) is 73.6 Å². The van der Waals surface area contributed by atoms with E-state index in [9.17, 15) is 4.79 Å². The van der Waals surface area contributed by atoms with Crippen LogP contribution in [-0.4, -0.2) is 37.3 Å². The van der Waals surface area contributed by atoms with E-state index in [1.54, 1.807) is 0 Å². The number of hydrogen-bond donors (Lipinski definition) is 2. The van der Waals surface area contributed by atoms with E-state index < -0.39 is 0 Å². The highest BCUT2D eigenvalue weighted by molar-refractivity contribution is 5.81. The molecule has 1 aromatic carbocycles. The first-order valence-electron chi connectivity index (χ1n) is 7.04. The number of ether oxygens (including phenoxy) is 2. The number of amides is 1. The third kappa shape index (κ3) is 4.21. The van der Waals surface area contributed by atoms with Gasteiger partial charge in [-0.2, -0.15) is 0 Å². The number of hydrogen-bond acceptors (Lipinski definition) is 4. The summed E-state index contributed by atoms with van der Waals surface area (Å²) in [6.45, 7) is 2.85. The lowest BCUT2D eigenvalue weighted by atomic mass is 10.2. The van der Waals surface area contributed by atoms with Crippen LogP contribution in [0, 0.1) is 0 Å². The van der Waals surface area contributed by atoms with Gasteiger partial charge in [0.05, 0.1) is 12.6 Å². The molecule has 1 amide bonds. The van der Waals surface area contributed by atoms with Crippen LogP contribution in [0.4, 0.5) is 0 Å². The van der Waals surface area contributed by atoms with Crippen LogP contribution in [0.3, 0.4) is 0 Å². The van der Waals surface area contributed by atoms with Gasteiger partial charge >= 0.3 is 0 Å². The number of nitrogens with two attached hydrogens (primary N) is 1. The first-order chi connectivity index (χ1) is 9.69. The van der Waals surface area contributed by atoms with Gasteiger partial charge in [-0.05, 0) is 31.9 Å². The molecule has 5 nitrogen and oxygen atoms in total. The summed E-state index contributed by atoms with van der Waals surface area (Å²) in [5, 5.41) is 2.86. The number of carbonyl (C=O) groups excluding carboxylic acids is 1. The quantitative estimate of drug-likeness (QED) is 0.816. The van der Waals surface area contributed by atoms with Crippen LogP contribution in [0.5, 0.6) is 5.75 Å². The molecule has 1 aliphatic heterocycles. The van der Waals surface area contributed by atoms with Gasteiger partial charge < -0.3 is 20.5 Å². The van der Waals surface area contributed by atoms with E-state index in [2.05, 4.69) is 5.32 Å². The second kappa shape index (κ2) is 7.26. The lowest BCUT2D eigenvalue weighted by molar-refractivity contribution is -0.132. The Morgan fingerprint density at radius 3 is 2.85 bits per heavy atom. The molecule has 3 atom stereocenters. The number of rotatable bonds is 6. The molecule has 1 fully saturated rings. The van der Waals surface area contributed by atoms with E-state index in [0.29, 0.717) is 13.1 Å². The zero-order valence-electron chi connectivity index (χ0n) is 11.7. The first kappa shape index (κ1) is 14.8. The molecule has 0 spiro atoms. The molecule has 0 aliphatic carbocycles. The van der Waals surface area contributed by atoms with E-state index in [0.717, 1.165) is 18.6 Å². The average molecular weight is 278 g/mol. The number of carbonyl (C=O) groups is 1. The maximum absolute atomic E-state index is 11.9. The first-order valence-corrected chi connectivity index (χ1v) is 7.04. The molecule has 110 valence electrons. The summed E-state index contributed by atoms with van der Waals surface area (Å²) in [5.41, 5.74) is 5.53. The third-order valence-corrected chi connectivity index (χ3v) is 3.31. The molecular formula is C15H22N2O3. The van der Waals surface area contributed by atoms with Gasteiger partial charge in [0, 0.05) is 6.54 Å². The molecule has 20 heavy (non-hydrogen) atoms. The molecule has 1 aliphatic rings. The van der Waals surface area contributed by atoms with Crippen molar-refractivity contribution >= 4 is 5.91 Å². The molecule has 0 radical (unpaired) electrons. The van der Waals surface area contributed by atoms with Crippen LogP contribution in [0.2, 0.25) is 0 Å². The summed E-state index contributed by atoms with van der Waals surface area (Å²) >= 11 is 0. The molecule has 0 bridgehead atoms. The minimum Gasteiger partial charge on any atom is -0.489 e. The standard InChI is InChI=1S/C15H22N2O3/c1-11(19-12-5-3-2-4-6-12)10-17-15(18)14-8-7-13(9-16)20-14/h2-6,11,13-14H,7-10,16H2,1H3,(H,17,18)/t11?,13-,14+/m1/s1. The summed E-state index contributed by atoms with van der Waals surface area (Å²) in [6.07, 6.45) is 1.15. The molecule has 0 aromatic heterocycles. The highest BCUT2D eigenvalue weighted by Gasteiger charge is 2.29. The number of nitrogens with one attached hydrogen (secondary N) is 1. The van der Waals surface area contributed by atoms with E-state index >= 15 is 0 Å². The van der Waals surface area contributed by atoms with Crippen LogP contribution < -0.4 is 15.8 Å². The number of para-hydroxylation sites is 1. The van der Waals surface area contributed by atoms with E-state index in [1.807, 2.05) is 37.3 Å². The van der Waals surface area contributed by atoms with Crippen LogP contribution >= 0.6 is 0 Å². The fraction of sp³-hybridized carbons (Fsp3) is 0.533. The second-order valence-electron chi connectivity index (χ2n) is 5.05. The summed E-state index contributed by atoms with van der Waals surface area (Å²) in [4.78, 5) is 11.9. The van der Waals surface area contributed by atoms with Crippen LogP contribution in [0.15, 0.2) is 30.3 Å².